The SMILES string of the molecule is CC(C)=CCC[C@H]1C(=O)O[C@H]2C[C@]3(C)C4=CC(=O)[C@H]5C(C)(C)[C@@H](O)CC[C@]5(C)[C@@H]4CC[C@@]3(C)[C@@H]21. The van der Waals surface area contributed by atoms with Crippen LogP contribution in [0.15, 0.2) is 23.3 Å². The number of fused-ring (bicyclic) bond motifs is 7. The van der Waals surface area contributed by atoms with Crippen LogP contribution in [0.1, 0.15) is 93.4 Å². The van der Waals surface area contributed by atoms with Crippen LogP contribution in [0, 0.1) is 45.3 Å². The summed E-state index contributed by atoms with van der Waals surface area (Å²) in [5.41, 5.74) is 1.90. The molecule has 1 N–H and O–H groups in total. The first kappa shape index (κ1) is 24.3. The topological polar surface area (TPSA) is 63.6 Å². The molecule has 3 saturated carbocycles. The second-order valence-electron chi connectivity index (χ2n) is 13.8. The Hall–Kier alpha value is -1.42. The molecule has 4 heteroatoms. The Balaban J connectivity index is 1.53. The molecule has 0 spiro atoms. The summed E-state index contributed by atoms with van der Waals surface area (Å²) in [7, 11) is 0. The highest BCUT2D eigenvalue weighted by atomic mass is 16.6. The summed E-state index contributed by atoms with van der Waals surface area (Å²) in [5.74, 6) is 0.599. The lowest BCUT2D eigenvalue weighted by atomic mass is 9.40. The fraction of sp³-hybridized carbons (Fsp3) is 0.800. The van der Waals surface area contributed by atoms with Crippen molar-refractivity contribution >= 4 is 11.8 Å². The molecule has 0 aromatic carbocycles. The Morgan fingerprint density at radius 1 is 1.12 bits per heavy atom. The first-order valence-electron chi connectivity index (χ1n) is 13.6. The van der Waals surface area contributed by atoms with E-state index in [0.717, 1.165) is 44.9 Å². The smallest absolute Gasteiger partial charge is 0.309 e. The number of hydrogen-bond donors (Lipinski definition) is 1. The van der Waals surface area contributed by atoms with E-state index in [1.54, 1.807) is 0 Å². The van der Waals surface area contributed by atoms with Crippen LogP contribution in [-0.2, 0) is 14.3 Å². The van der Waals surface area contributed by atoms with Crippen molar-refractivity contribution in [3.63, 3.8) is 0 Å². The average molecular weight is 469 g/mol. The fourth-order valence-electron chi connectivity index (χ4n) is 9.72. The average Bonchev–Trinajstić information content (AvgIpc) is 3.15. The second kappa shape index (κ2) is 7.54. The third-order valence-corrected chi connectivity index (χ3v) is 11.6. The van der Waals surface area contributed by atoms with Crippen molar-refractivity contribution in [2.45, 2.75) is 106 Å². The van der Waals surface area contributed by atoms with Crippen LogP contribution in [0.3, 0.4) is 0 Å². The maximum atomic E-state index is 13.8. The second-order valence-corrected chi connectivity index (χ2v) is 13.8. The van der Waals surface area contributed by atoms with Crippen LogP contribution in [0.5, 0.6) is 0 Å². The van der Waals surface area contributed by atoms with Crippen molar-refractivity contribution in [3.8, 4) is 0 Å². The molecule has 5 aliphatic rings. The van der Waals surface area contributed by atoms with Crippen molar-refractivity contribution < 1.29 is 19.4 Å². The van der Waals surface area contributed by atoms with Gasteiger partial charge in [-0.25, -0.2) is 0 Å². The number of hydrogen-bond acceptors (Lipinski definition) is 4. The molecule has 4 nitrogen and oxygen atoms in total. The van der Waals surface area contributed by atoms with Gasteiger partial charge >= 0.3 is 5.97 Å². The molecule has 1 heterocycles. The Kier molecular flexibility index (Phi) is 5.39. The van der Waals surface area contributed by atoms with Crippen molar-refractivity contribution in [1.82, 2.24) is 0 Å². The first-order chi connectivity index (χ1) is 15.8. The number of aliphatic hydroxyl groups is 1. The number of rotatable bonds is 3. The highest BCUT2D eigenvalue weighted by molar-refractivity contribution is 5.95. The molecule has 0 unspecified atom stereocenters. The monoisotopic (exact) mass is 468 g/mol. The molecule has 5 rings (SSSR count). The lowest BCUT2D eigenvalue weighted by Gasteiger charge is -2.63. The highest BCUT2D eigenvalue weighted by Gasteiger charge is 2.71. The van der Waals surface area contributed by atoms with Gasteiger partial charge in [0.1, 0.15) is 6.10 Å². The first-order valence-corrected chi connectivity index (χ1v) is 13.6. The standard InChI is InChI=1S/C30H44O4/c1-17(2)9-8-10-18-24-22(34-26(18)33)16-30(7)20-15-21(31)25-27(3,4)23(32)12-13-28(25,5)19(20)11-14-29(24,30)6/h9,15,18-19,22-25,32H,8,10-14,16H2,1-7H3/t18-,19-,22+,23+,24-,25+,28-,29+,30-/m1/s1. The third kappa shape index (κ3) is 2.99. The van der Waals surface area contributed by atoms with Gasteiger partial charge in [0, 0.05) is 17.3 Å². The number of carbonyl (C=O) groups excluding carboxylic acids is 2. The number of carbonyl (C=O) groups is 2. The predicted octanol–water partition coefficient (Wildman–Crippen LogP) is 6.03. The van der Waals surface area contributed by atoms with E-state index in [1.807, 2.05) is 6.08 Å². The number of esters is 1. The minimum atomic E-state index is -0.430. The summed E-state index contributed by atoms with van der Waals surface area (Å²) >= 11 is 0. The van der Waals surface area contributed by atoms with Gasteiger partial charge in [0.15, 0.2) is 5.78 Å². The van der Waals surface area contributed by atoms with Crippen molar-refractivity contribution in [2.75, 3.05) is 0 Å². The number of ketones is 1. The van der Waals surface area contributed by atoms with Crippen LogP contribution in [0.4, 0.5) is 0 Å². The van der Waals surface area contributed by atoms with E-state index in [0.29, 0.717) is 5.92 Å². The van der Waals surface area contributed by atoms with Crippen LogP contribution in [0.2, 0.25) is 0 Å². The highest BCUT2D eigenvalue weighted by Crippen LogP contribution is 2.74. The van der Waals surface area contributed by atoms with Crippen LogP contribution < -0.4 is 0 Å². The number of aliphatic hydroxyl groups excluding tert-OH is 1. The van der Waals surface area contributed by atoms with Gasteiger partial charge in [0.05, 0.1) is 12.0 Å². The molecule has 34 heavy (non-hydrogen) atoms. The van der Waals surface area contributed by atoms with Crippen molar-refractivity contribution in [3.05, 3.63) is 23.3 Å². The summed E-state index contributed by atoms with van der Waals surface area (Å²) < 4.78 is 6.06. The molecule has 1 saturated heterocycles. The van der Waals surface area contributed by atoms with Gasteiger partial charge in [-0.3, -0.25) is 9.59 Å². The third-order valence-electron chi connectivity index (χ3n) is 11.6. The van der Waals surface area contributed by atoms with E-state index in [-0.39, 0.29) is 51.9 Å². The van der Waals surface area contributed by atoms with Gasteiger partial charge in [-0.1, -0.05) is 51.8 Å². The molecule has 4 fully saturated rings. The Morgan fingerprint density at radius 2 is 1.82 bits per heavy atom. The van der Waals surface area contributed by atoms with Crippen molar-refractivity contribution in [2.24, 2.45) is 45.3 Å². The van der Waals surface area contributed by atoms with Crippen molar-refractivity contribution in [1.29, 1.82) is 0 Å². The molecule has 9 atom stereocenters. The lowest BCUT2D eigenvalue weighted by molar-refractivity contribution is -0.158. The fourth-order valence-corrected chi connectivity index (χ4v) is 9.72. The van der Waals surface area contributed by atoms with Gasteiger partial charge in [-0.2, -0.15) is 0 Å². The maximum Gasteiger partial charge on any atom is 0.309 e. The zero-order valence-electron chi connectivity index (χ0n) is 22.2. The van der Waals surface area contributed by atoms with Crippen LogP contribution >= 0.6 is 0 Å². The Labute approximate surface area is 205 Å². The largest absolute Gasteiger partial charge is 0.462 e. The van der Waals surface area contributed by atoms with E-state index in [9.17, 15) is 14.7 Å². The summed E-state index contributed by atoms with van der Waals surface area (Å²) in [6.45, 7) is 15.5. The molecule has 188 valence electrons. The lowest BCUT2D eigenvalue weighted by Crippen LogP contribution is -2.60. The minimum absolute atomic E-state index is 0.00806. The van der Waals surface area contributed by atoms with E-state index in [1.165, 1.54) is 11.1 Å². The zero-order chi connectivity index (χ0) is 24.8. The Bertz CT molecular complexity index is 970. The van der Waals surface area contributed by atoms with Gasteiger partial charge < -0.3 is 9.84 Å². The van der Waals surface area contributed by atoms with E-state index in [2.05, 4.69) is 54.5 Å². The van der Waals surface area contributed by atoms with E-state index in [4.69, 9.17) is 4.74 Å². The van der Waals surface area contributed by atoms with Gasteiger partial charge in [0.25, 0.3) is 0 Å². The van der Waals surface area contributed by atoms with Crippen LogP contribution in [0.25, 0.3) is 0 Å². The zero-order valence-corrected chi connectivity index (χ0v) is 22.2. The minimum Gasteiger partial charge on any atom is -0.462 e. The normalized spacial score (nSPS) is 48.8. The molecule has 4 aliphatic carbocycles. The summed E-state index contributed by atoms with van der Waals surface area (Å²) in [5, 5.41) is 10.8. The van der Waals surface area contributed by atoms with E-state index < -0.39 is 11.5 Å². The molecule has 0 aromatic heterocycles. The van der Waals surface area contributed by atoms with Gasteiger partial charge in [-0.15, -0.1) is 0 Å². The molecule has 0 radical (unpaired) electrons. The quantitative estimate of drug-likeness (QED) is 0.406. The number of allylic oxidation sites excluding steroid dienone is 4. The van der Waals surface area contributed by atoms with E-state index >= 15 is 0 Å². The molecular formula is C30H44O4. The predicted molar refractivity (Wildman–Crippen MR) is 133 cm³/mol. The molecule has 0 bridgehead atoms. The van der Waals surface area contributed by atoms with Gasteiger partial charge in [0.2, 0.25) is 0 Å². The maximum absolute atomic E-state index is 13.8. The molecule has 0 aromatic rings. The van der Waals surface area contributed by atoms with Gasteiger partial charge in [-0.05, 0) is 87.0 Å². The summed E-state index contributed by atoms with van der Waals surface area (Å²) in [6.07, 6.45) is 10.2. The van der Waals surface area contributed by atoms with Crippen LogP contribution in [-0.4, -0.2) is 29.1 Å². The number of ether oxygens (including phenoxy) is 1. The summed E-state index contributed by atoms with van der Waals surface area (Å²) in [6, 6.07) is 0. The molecular weight excluding hydrogens is 424 g/mol. The summed E-state index contributed by atoms with van der Waals surface area (Å²) in [4.78, 5) is 26.7. The molecule has 0 amide bonds. The Morgan fingerprint density at radius 3 is 2.50 bits per heavy atom. The molecule has 1 aliphatic heterocycles.